The van der Waals surface area contributed by atoms with Gasteiger partial charge in [0.25, 0.3) is 6.43 Å². The normalized spacial score (nSPS) is 10.9. The second kappa shape index (κ2) is 5.16. The van der Waals surface area contributed by atoms with Crippen molar-refractivity contribution in [2.75, 3.05) is 0 Å². The third-order valence-electron chi connectivity index (χ3n) is 2.47. The molecule has 5 heteroatoms. The lowest BCUT2D eigenvalue weighted by Crippen LogP contribution is -1.96. The predicted molar refractivity (Wildman–Crippen MR) is 58.4 cm³/mol. The maximum atomic E-state index is 13.1. The van der Waals surface area contributed by atoms with Crippen molar-refractivity contribution in [1.82, 2.24) is 4.98 Å². The number of aromatic nitrogens is 1. The molecular weight excluding hydrogens is 246 g/mol. The van der Waals surface area contributed by atoms with Gasteiger partial charge < -0.3 is 0 Å². The molecule has 0 bridgehead atoms. The lowest BCUT2D eigenvalue weighted by Gasteiger charge is -2.06. The SMILES string of the molecule is Fc1cncc(Cc2ccc(F)c(C(F)F)c2)c1. The molecule has 94 valence electrons. The Balaban J connectivity index is 2.27. The van der Waals surface area contributed by atoms with E-state index in [0.717, 1.165) is 18.3 Å². The zero-order chi connectivity index (χ0) is 13.1. The number of hydrogen-bond donors (Lipinski definition) is 0. The minimum absolute atomic E-state index is 0.227. The van der Waals surface area contributed by atoms with Crippen molar-refractivity contribution in [3.8, 4) is 0 Å². The van der Waals surface area contributed by atoms with Crippen LogP contribution in [0.3, 0.4) is 0 Å². The van der Waals surface area contributed by atoms with Crippen molar-refractivity contribution in [3.05, 3.63) is 65.0 Å². The quantitative estimate of drug-likeness (QED) is 0.758. The summed E-state index contributed by atoms with van der Waals surface area (Å²) >= 11 is 0. The summed E-state index contributed by atoms with van der Waals surface area (Å²) in [7, 11) is 0. The third-order valence-corrected chi connectivity index (χ3v) is 2.47. The van der Waals surface area contributed by atoms with Crippen LogP contribution in [-0.2, 0) is 6.42 Å². The van der Waals surface area contributed by atoms with Crippen molar-refractivity contribution in [1.29, 1.82) is 0 Å². The summed E-state index contributed by atoms with van der Waals surface area (Å²) in [6.07, 6.45) is -0.145. The first kappa shape index (κ1) is 12.5. The maximum Gasteiger partial charge on any atom is 0.266 e. The number of pyridine rings is 1. The second-order valence-corrected chi connectivity index (χ2v) is 3.84. The Labute approximate surface area is 101 Å². The molecule has 0 aliphatic heterocycles. The number of alkyl halides is 2. The summed E-state index contributed by atoms with van der Waals surface area (Å²) in [4.78, 5) is 3.66. The van der Waals surface area contributed by atoms with Crippen molar-refractivity contribution >= 4 is 0 Å². The zero-order valence-corrected chi connectivity index (χ0v) is 9.21. The van der Waals surface area contributed by atoms with Gasteiger partial charge in [0.2, 0.25) is 0 Å². The van der Waals surface area contributed by atoms with Gasteiger partial charge in [-0.2, -0.15) is 0 Å². The van der Waals surface area contributed by atoms with Crippen LogP contribution in [0.15, 0.2) is 36.7 Å². The van der Waals surface area contributed by atoms with Crippen LogP contribution in [0.4, 0.5) is 17.6 Å². The van der Waals surface area contributed by atoms with Crippen LogP contribution in [0.1, 0.15) is 23.1 Å². The van der Waals surface area contributed by atoms with Crippen molar-refractivity contribution in [2.45, 2.75) is 12.8 Å². The van der Waals surface area contributed by atoms with E-state index in [1.165, 1.54) is 18.3 Å². The Morgan fingerprint density at radius 2 is 1.78 bits per heavy atom. The van der Waals surface area contributed by atoms with Crippen molar-refractivity contribution in [3.63, 3.8) is 0 Å². The molecule has 0 radical (unpaired) electrons. The second-order valence-electron chi connectivity index (χ2n) is 3.84. The summed E-state index contributed by atoms with van der Waals surface area (Å²) in [5.74, 6) is -1.44. The van der Waals surface area contributed by atoms with E-state index < -0.39 is 23.6 Å². The monoisotopic (exact) mass is 255 g/mol. The highest BCUT2D eigenvalue weighted by molar-refractivity contribution is 5.30. The topological polar surface area (TPSA) is 12.9 Å². The predicted octanol–water partition coefficient (Wildman–Crippen LogP) is 3.89. The van der Waals surface area contributed by atoms with Gasteiger partial charge in [-0.25, -0.2) is 17.6 Å². The molecule has 0 unspecified atom stereocenters. The average Bonchev–Trinajstić information content (AvgIpc) is 2.31. The number of halogens is 4. The molecule has 1 aromatic heterocycles. The van der Waals surface area contributed by atoms with Crippen LogP contribution in [0.5, 0.6) is 0 Å². The molecule has 0 fully saturated rings. The van der Waals surface area contributed by atoms with Gasteiger partial charge in [0.15, 0.2) is 0 Å². The first-order valence-electron chi connectivity index (χ1n) is 5.22. The molecule has 0 N–H and O–H groups in total. The Morgan fingerprint density at radius 3 is 2.44 bits per heavy atom. The van der Waals surface area contributed by atoms with Gasteiger partial charge in [-0.1, -0.05) is 6.07 Å². The molecule has 0 saturated carbocycles. The number of hydrogen-bond acceptors (Lipinski definition) is 1. The third kappa shape index (κ3) is 2.85. The molecule has 0 amide bonds. The molecular formula is C13H9F4N. The standard InChI is InChI=1S/C13H9F4N/c14-10-4-9(6-18-7-10)3-8-1-2-12(15)11(5-8)13(16)17/h1-2,4-7,13H,3H2. The van der Waals surface area contributed by atoms with Gasteiger partial charge in [0, 0.05) is 6.20 Å². The summed E-state index contributed by atoms with van der Waals surface area (Å²) in [6.45, 7) is 0. The molecule has 0 aliphatic rings. The summed E-state index contributed by atoms with van der Waals surface area (Å²) < 4.78 is 51.0. The van der Waals surface area contributed by atoms with Crippen LogP contribution in [-0.4, -0.2) is 4.98 Å². The lowest BCUT2D eigenvalue weighted by atomic mass is 10.0. The van der Waals surface area contributed by atoms with Gasteiger partial charge >= 0.3 is 0 Å². The van der Waals surface area contributed by atoms with Gasteiger partial charge in [0.1, 0.15) is 11.6 Å². The molecule has 2 aromatic rings. The van der Waals surface area contributed by atoms with Crippen LogP contribution >= 0.6 is 0 Å². The Morgan fingerprint density at radius 1 is 1.00 bits per heavy atom. The van der Waals surface area contributed by atoms with Gasteiger partial charge in [-0.3, -0.25) is 4.98 Å². The van der Waals surface area contributed by atoms with E-state index in [0.29, 0.717) is 11.1 Å². The number of nitrogens with zero attached hydrogens (tertiary/aromatic N) is 1. The highest BCUT2D eigenvalue weighted by Gasteiger charge is 2.13. The molecule has 2 rings (SSSR count). The zero-order valence-electron chi connectivity index (χ0n) is 9.21. The molecule has 1 nitrogen and oxygen atoms in total. The highest BCUT2D eigenvalue weighted by atomic mass is 19.3. The number of rotatable bonds is 3. The average molecular weight is 255 g/mol. The van der Waals surface area contributed by atoms with E-state index in [9.17, 15) is 17.6 Å². The minimum Gasteiger partial charge on any atom is -0.261 e. The Kier molecular flexibility index (Phi) is 3.60. The maximum absolute atomic E-state index is 13.1. The van der Waals surface area contributed by atoms with E-state index in [4.69, 9.17) is 0 Å². The van der Waals surface area contributed by atoms with Crippen LogP contribution < -0.4 is 0 Å². The summed E-state index contributed by atoms with van der Waals surface area (Å²) in [5, 5.41) is 0. The van der Waals surface area contributed by atoms with E-state index in [1.807, 2.05) is 0 Å². The van der Waals surface area contributed by atoms with E-state index in [-0.39, 0.29) is 6.42 Å². The summed E-state index contributed by atoms with van der Waals surface area (Å²) in [6, 6.07) is 4.74. The van der Waals surface area contributed by atoms with Crippen molar-refractivity contribution < 1.29 is 17.6 Å². The molecule has 0 saturated heterocycles. The fourth-order valence-electron chi connectivity index (χ4n) is 1.66. The van der Waals surface area contributed by atoms with E-state index >= 15 is 0 Å². The molecule has 18 heavy (non-hydrogen) atoms. The molecule has 1 heterocycles. The smallest absolute Gasteiger partial charge is 0.261 e. The highest BCUT2D eigenvalue weighted by Crippen LogP contribution is 2.24. The largest absolute Gasteiger partial charge is 0.266 e. The van der Waals surface area contributed by atoms with E-state index in [1.54, 1.807) is 0 Å². The lowest BCUT2D eigenvalue weighted by molar-refractivity contribution is 0.146. The molecule has 1 aromatic carbocycles. The molecule has 0 spiro atoms. The fraction of sp³-hybridized carbons (Fsp3) is 0.154. The fourth-order valence-corrected chi connectivity index (χ4v) is 1.66. The van der Waals surface area contributed by atoms with E-state index in [2.05, 4.69) is 4.98 Å². The first-order chi connectivity index (χ1) is 8.56. The van der Waals surface area contributed by atoms with Gasteiger partial charge in [-0.15, -0.1) is 0 Å². The number of benzene rings is 1. The summed E-state index contributed by atoms with van der Waals surface area (Å²) in [5.41, 5.74) is 0.387. The first-order valence-corrected chi connectivity index (χ1v) is 5.22. The minimum atomic E-state index is -2.87. The van der Waals surface area contributed by atoms with Gasteiger partial charge in [-0.05, 0) is 35.7 Å². The van der Waals surface area contributed by atoms with Gasteiger partial charge in [0.05, 0.1) is 11.8 Å². The Bertz CT molecular complexity index is 554. The van der Waals surface area contributed by atoms with Crippen LogP contribution in [0, 0.1) is 11.6 Å². The Hall–Kier alpha value is -1.91. The van der Waals surface area contributed by atoms with Crippen molar-refractivity contribution in [2.24, 2.45) is 0 Å². The van der Waals surface area contributed by atoms with Crippen LogP contribution in [0.25, 0.3) is 0 Å². The molecule has 0 atom stereocenters. The van der Waals surface area contributed by atoms with Crippen LogP contribution in [0.2, 0.25) is 0 Å². The molecule has 0 aliphatic carbocycles.